The summed E-state index contributed by atoms with van der Waals surface area (Å²) in [6.07, 6.45) is 4.33. The van der Waals surface area contributed by atoms with Gasteiger partial charge in [-0.25, -0.2) is 0 Å². The van der Waals surface area contributed by atoms with Crippen LogP contribution in [0.15, 0.2) is 12.7 Å². The van der Waals surface area contributed by atoms with Crippen LogP contribution in [0.4, 0.5) is 0 Å². The van der Waals surface area contributed by atoms with E-state index in [0.717, 1.165) is 19.3 Å². The van der Waals surface area contributed by atoms with Crippen molar-refractivity contribution in [2.24, 2.45) is 11.3 Å². The standard InChI is InChI=1S/C13H22O3/c1-4-10-5-11(14)7-13(6-10)8-15-12(2,3)16-9-13/h4,10-11,14H,1,5-9H2,2-3H3/t10?,11-/m1/s1. The Labute approximate surface area is 97.4 Å². The highest BCUT2D eigenvalue weighted by Gasteiger charge is 2.45. The fourth-order valence-electron chi connectivity index (χ4n) is 2.81. The molecule has 1 N–H and O–H groups in total. The van der Waals surface area contributed by atoms with Crippen molar-refractivity contribution in [3.05, 3.63) is 12.7 Å². The molecule has 2 rings (SSSR count). The van der Waals surface area contributed by atoms with Gasteiger partial charge in [0.05, 0.1) is 19.3 Å². The summed E-state index contributed by atoms with van der Waals surface area (Å²) in [6.45, 7) is 9.07. The number of hydrogen-bond donors (Lipinski definition) is 1. The first-order valence-corrected chi connectivity index (χ1v) is 6.03. The van der Waals surface area contributed by atoms with E-state index in [1.807, 2.05) is 19.9 Å². The average Bonchev–Trinajstić information content (AvgIpc) is 2.22. The van der Waals surface area contributed by atoms with Crippen LogP contribution < -0.4 is 0 Å². The number of allylic oxidation sites excluding steroid dienone is 1. The summed E-state index contributed by atoms with van der Waals surface area (Å²) in [7, 11) is 0. The van der Waals surface area contributed by atoms with E-state index in [4.69, 9.17) is 9.47 Å². The zero-order valence-corrected chi connectivity index (χ0v) is 10.2. The number of aliphatic hydroxyl groups excluding tert-OH is 1. The minimum atomic E-state index is -0.475. The molecule has 3 nitrogen and oxygen atoms in total. The highest BCUT2D eigenvalue weighted by Crippen LogP contribution is 2.44. The summed E-state index contributed by atoms with van der Waals surface area (Å²) in [4.78, 5) is 0. The summed E-state index contributed by atoms with van der Waals surface area (Å²) in [5.74, 6) is -0.0886. The molecule has 1 spiro atoms. The number of rotatable bonds is 1. The fourth-order valence-corrected chi connectivity index (χ4v) is 2.81. The van der Waals surface area contributed by atoms with E-state index in [9.17, 15) is 5.11 Å². The second-order valence-corrected chi connectivity index (χ2v) is 5.77. The molecule has 0 bridgehead atoms. The fraction of sp³-hybridized carbons (Fsp3) is 0.846. The lowest BCUT2D eigenvalue weighted by Crippen LogP contribution is -2.50. The van der Waals surface area contributed by atoms with Gasteiger partial charge in [0.15, 0.2) is 5.79 Å². The molecule has 0 radical (unpaired) electrons. The van der Waals surface area contributed by atoms with Crippen molar-refractivity contribution < 1.29 is 14.6 Å². The zero-order chi connectivity index (χ0) is 11.8. The van der Waals surface area contributed by atoms with Gasteiger partial charge in [0.25, 0.3) is 0 Å². The molecule has 2 fully saturated rings. The third-order valence-corrected chi connectivity index (χ3v) is 3.72. The Morgan fingerprint density at radius 2 is 1.88 bits per heavy atom. The normalized spacial score (nSPS) is 37.2. The second kappa shape index (κ2) is 4.13. The maximum atomic E-state index is 9.90. The Kier molecular flexibility index (Phi) is 3.12. The molecule has 16 heavy (non-hydrogen) atoms. The van der Waals surface area contributed by atoms with Gasteiger partial charge in [0.1, 0.15) is 0 Å². The maximum Gasteiger partial charge on any atom is 0.162 e. The summed E-state index contributed by atoms with van der Waals surface area (Å²) in [5.41, 5.74) is -0.00789. The van der Waals surface area contributed by atoms with Crippen LogP contribution in [0.3, 0.4) is 0 Å². The molecule has 0 aromatic heterocycles. The first kappa shape index (κ1) is 12.1. The molecule has 0 aromatic carbocycles. The monoisotopic (exact) mass is 226 g/mol. The molecule has 1 aliphatic heterocycles. The van der Waals surface area contributed by atoms with Gasteiger partial charge in [-0.05, 0) is 39.0 Å². The summed E-state index contributed by atoms with van der Waals surface area (Å²) in [5, 5.41) is 9.90. The van der Waals surface area contributed by atoms with E-state index in [-0.39, 0.29) is 11.5 Å². The zero-order valence-electron chi connectivity index (χ0n) is 10.2. The van der Waals surface area contributed by atoms with Crippen LogP contribution in [-0.4, -0.2) is 30.2 Å². The minimum Gasteiger partial charge on any atom is -0.393 e. The molecule has 3 heteroatoms. The topological polar surface area (TPSA) is 38.7 Å². The largest absolute Gasteiger partial charge is 0.393 e. The van der Waals surface area contributed by atoms with Crippen LogP contribution in [0, 0.1) is 11.3 Å². The molecule has 92 valence electrons. The Bertz CT molecular complexity index is 262. The van der Waals surface area contributed by atoms with Crippen molar-refractivity contribution in [2.45, 2.75) is 45.0 Å². The summed E-state index contributed by atoms with van der Waals surface area (Å²) >= 11 is 0. The smallest absolute Gasteiger partial charge is 0.162 e. The van der Waals surface area contributed by atoms with Gasteiger partial charge in [0, 0.05) is 5.41 Å². The van der Waals surface area contributed by atoms with Crippen LogP contribution in [0.5, 0.6) is 0 Å². The predicted molar refractivity (Wildman–Crippen MR) is 62.0 cm³/mol. The molecule has 0 amide bonds. The highest BCUT2D eigenvalue weighted by molar-refractivity contribution is 4.97. The van der Waals surface area contributed by atoms with Crippen LogP contribution in [0.25, 0.3) is 0 Å². The number of hydrogen-bond acceptors (Lipinski definition) is 3. The third kappa shape index (κ3) is 2.47. The van der Waals surface area contributed by atoms with Crippen LogP contribution >= 0.6 is 0 Å². The van der Waals surface area contributed by atoms with Crippen molar-refractivity contribution in [3.63, 3.8) is 0 Å². The van der Waals surface area contributed by atoms with E-state index in [0.29, 0.717) is 19.1 Å². The molecular weight excluding hydrogens is 204 g/mol. The predicted octanol–water partition coefficient (Wildman–Crippen LogP) is 2.10. The lowest BCUT2D eigenvalue weighted by Gasteiger charge is -2.48. The second-order valence-electron chi connectivity index (χ2n) is 5.77. The maximum absolute atomic E-state index is 9.90. The highest BCUT2D eigenvalue weighted by atomic mass is 16.7. The molecule has 1 saturated carbocycles. The van der Waals surface area contributed by atoms with Crippen LogP contribution in [-0.2, 0) is 9.47 Å². The Hall–Kier alpha value is -0.380. The minimum absolute atomic E-state index is 0.00789. The van der Waals surface area contributed by atoms with E-state index in [1.165, 1.54) is 0 Å². The Morgan fingerprint density at radius 3 is 2.44 bits per heavy atom. The van der Waals surface area contributed by atoms with Crippen LogP contribution in [0.2, 0.25) is 0 Å². The molecule has 1 saturated heterocycles. The lowest BCUT2D eigenvalue weighted by atomic mass is 9.69. The van der Waals surface area contributed by atoms with Gasteiger partial charge in [-0.15, -0.1) is 6.58 Å². The summed E-state index contributed by atoms with van der Waals surface area (Å²) in [6, 6.07) is 0. The van der Waals surface area contributed by atoms with E-state index >= 15 is 0 Å². The third-order valence-electron chi connectivity index (χ3n) is 3.72. The molecule has 2 atom stereocenters. The first-order valence-electron chi connectivity index (χ1n) is 6.03. The van der Waals surface area contributed by atoms with Crippen molar-refractivity contribution in [3.8, 4) is 0 Å². The van der Waals surface area contributed by atoms with Gasteiger partial charge < -0.3 is 14.6 Å². The SMILES string of the molecule is C=CC1C[C@@H](O)CC2(COC(C)(C)OC2)C1. The van der Waals surface area contributed by atoms with Gasteiger partial charge in [-0.3, -0.25) is 0 Å². The van der Waals surface area contributed by atoms with Crippen molar-refractivity contribution in [1.82, 2.24) is 0 Å². The summed E-state index contributed by atoms with van der Waals surface area (Å²) < 4.78 is 11.5. The van der Waals surface area contributed by atoms with E-state index in [1.54, 1.807) is 0 Å². The molecule has 1 heterocycles. The lowest BCUT2D eigenvalue weighted by molar-refractivity contribution is -0.294. The van der Waals surface area contributed by atoms with E-state index < -0.39 is 5.79 Å². The molecule has 1 aliphatic carbocycles. The average molecular weight is 226 g/mol. The van der Waals surface area contributed by atoms with Gasteiger partial charge >= 0.3 is 0 Å². The van der Waals surface area contributed by atoms with Gasteiger partial charge in [-0.2, -0.15) is 0 Å². The Balaban J connectivity index is 2.05. The van der Waals surface area contributed by atoms with Crippen molar-refractivity contribution >= 4 is 0 Å². The van der Waals surface area contributed by atoms with Crippen LogP contribution in [0.1, 0.15) is 33.1 Å². The van der Waals surface area contributed by atoms with Crippen molar-refractivity contribution in [2.75, 3.05) is 13.2 Å². The first-order chi connectivity index (χ1) is 7.45. The molecule has 2 aliphatic rings. The number of ether oxygens (including phenoxy) is 2. The van der Waals surface area contributed by atoms with Gasteiger partial charge in [-0.1, -0.05) is 6.08 Å². The number of aliphatic hydroxyl groups is 1. The Morgan fingerprint density at radius 1 is 1.25 bits per heavy atom. The van der Waals surface area contributed by atoms with Crippen molar-refractivity contribution in [1.29, 1.82) is 0 Å². The molecular formula is C13H22O3. The molecule has 1 unspecified atom stereocenters. The quantitative estimate of drug-likeness (QED) is 0.696. The van der Waals surface area contributed by atoms with E-state index in [2.05, 4.69) is 6.58 Å². The van der Waals surface area contributed by atoms with Gasteiger partial charge in [0.2, 0.25) is 0 Å². The molecule has 0 aromatic rings.